The Kier molecular flexibility index (Phi) is 4.08. The Morgan fingerprint density at radius 2 is 1.95 bits per heavy atom. The molecule has 0 saturated heterocycles. The van der Waals surface area contributed by atoms with Gasteiger partial charge in [-0.3, -0.25) is 4.79 Å². The highest BCUT2D eigenvalue weighted by molar-refractivity contribution is 5.77. The molecule has 19 heavy (non-hydrogen) atoms. The Bertz CT molecular complexity index is 482. The summed E-state index contributed by atoms with van der Waals surface area (Å²) in [4.78, 5) is 11.0. The second-order valence-corrected chi connectivity index (χ2v) is 5.87. The van der Waals surface area contributed by atoms with Crippen molar-refractivity contribution in [1.82, 2.24) is 0 Å². The van der Waals surface area contributed by atoms with Gasteiger partial charge in [-0.15, -0.1) is 0 Å². The minimum Gasteiger partial charge on any atom is -0.488 e. The van der Waals surface area contributed by atoms with Gasteiger partial charge in [0.2, 0.25) is 0 Å². The van der Waals surface area contributed by atoms with Crippen molar-refractivity contribution in [2.75, 3.05) is 0 Å². The molecule has 0 N–H and O–H groups in total. The summed E-state index contributed by atoms with van der Waals surface area (Å²) >= 11 is 0. The Hall–Kier alpha value is -1.57. The van der Waals surface area contributed by atoms with E-state index >= 15 is 0 Å². The topological polar surface area (TPSA) is 26.3 Å². The van der Waals surface area contributed by atoms with Crippen molar-refractivity contribution in [1.29, 1.82) is 0 Å². The van der Waals surface area contributed by atoms with Crippen LogP contribution in [0.1, 0.15) is 56.0 Å². The van der Waals surface area contributed by atoms with Crippen LogP contribution >= 0.6 is 0 Å². The lowest BCUT2D eigenvalue weighted by molar-refractivity contribution is 0.104. The lowest BCUT2D eigenvalue weighted by atomic mass is 10.1. The molecule has 0 heterocycles. The van der Waals surface area contributed by atoms with Crippen molar-refractivity contribution < 1.29 is 9.53 Å². The number of aldehydes is 1. The van der Waals surface area contributed by atoms with E-state index in [0.717, 1.165) is 29.9 Å². The molecule has 2 heteroatoms. The summed E-state index contributed by atoms with van der Waals surface area (Å²) < 4.78 is 5.96. The Morgan fingerprint density at radius 3 is 2.53 bits per heavy atom. The van der Waals surface area contributed by atoms with E-state index in [9.17, 15) is 4.79 Å². The molecule has 0 aromatic heterocycles. The van der Waals surface area contributed by atoms with E-state index in [0.29, 0.717) is 5.56 Å². The van der Waals surface area contributed by atoms with E-state index in [1.165, 1.54) is 12.8 Å². The molecule has 1 aromatic rings. The zero-order chi connectivity index (χ0) is 13.9. The second kappa shape index (κ2) is 5.60. The quantitative estimate of drug-likeness (QED) is 0.703. The van der Waals surface area contributed by atoms with Crippen molar-refractivity contribution in [2.24, 2.45) is 5.92 Å². The van der Waals surface area contributed by atoms with Crippen LogP contribution in [0.4, 0.5) is 0 Å². The molecular formula is C17H22O2. The van der Waals surface area contributed by atoms with Gasteiger partial charge in [-0.05, 0) is 62.8 Å². The highest BCUT2D eigenvalue weighted by Gasteiger charge is 2.18. The maximum atomic E-state index is 11.0. The van der Waals surface area contributed by atoms with Crippen LogP contribution < -0.4 is 4.74 Å². The van der Waals surface area contributed by atoms with Gasteiger partial charge in [0.15, 0.2) is 0 Å². The molecule has 0 unspecified atom stereocenters. The van der Waals surface area contributed by atoms with Gasteiger partial charge in [-0.1, -0.05) is 19.1 Å². The average Bonchev–Trinajstić information content (AvgIpc) is 3.19. The van der Waals surface area contributed by atoms with E-state index in [4.69, 9.17) is 4.74 Å². The van der Waals surface area contributed by atoms with Crippen molar-refractivity contribution in [3.63, 3.8) is 0 Å². The standard InChI is InChI=1S/C17H22O2/c1-4-17(2,3)19-16-10-14(8-7-13-5-6-13)9-15(11-16)12-18/h7-13H,4-6H2,1-3H3. The zero-order valence-corrected chi connectivity index (χ0v) is 12.0. The first-order chi connectivity index (χ1) is 9.02. The number of hydrogen-bond donors (Lipinski definition) is 0. The maximum Gasteiger partial charge on any atom is 0.150 e. The third-order valence-electron chi connectivity index (χ3n) is 3.52. The molecule has 1 fully saturated rings. The van der Waals surface area contributed by atoms with E-state index in [-0.39, 0.29) is 5.60 Å². The second-order valence-electron chi connectivity index (χ2n) is 5.87. The first kappa shape index (κ1) is 13.9. The summed E-state index contributed by atoms with van der Waals surface area (Å²) in [6, 6.07) is 5.71. The zero-order valence-electron chi connectivity index (χ0n) is 12.0. The fourth-order valence-electron chi connectivity index (χ4n) is 1.80. The highest BCUT2D eigenvalue weighted by Crippen LogP contribution is 2.31. The van der Waals surface area contributed by atoms with Crippen LogP contribution in [0.2, 0.25) is 0 Å². The lowest BCUT2D eigenvalue weighted by Gasteiger charge is -2.25. The van der Waals surface area contributed by atoms with Crippen LogP contribution in [-0.2, 0) is 0 Å². The molecule has 102 valence electrons. The normalized spacial score (nSPS) is 15.7. The van der Waals surface area contributed by atoms with Gasteiger partial charge in [-0.25, -0.2) is 0 Å². The van der Waals surface area contributed by atoms with E-state index in [1.54, 1.807) is 6.07 Å². The Morgan fingerprint density at radius 1 is 1.26 bits per heavy atom. The van der Waals surface area contributed by atoms with Crippen molar-refractivity contribution in [2.45, 2.75) is 45.6 Å². The van der Waals surface area contributed by atoms with Crippen LogP contribution in [0.3, 0.4) is 0 Å². The predicted octanol–water partition coefficient (Wildman–Crippen LogP) is 4.49. The number of allylic oxidation sites excluding steroid dienone is 1. The first-order valence-corrected chi connectivity index (χ1v) is 7.00. The molecule has 0 aliphatic heterocycles. The predicted molar refractivity (Wildman–Crippen MR) is 78.6 cm³/mol. The summed E-state index contributed by atoms with van der Waals surface area (Å²) in [5.41, 5.74) is 1.50. The van der Waals surface area contributed by atoms with Gasteiger partial charge in [0.25, 0.3) is 0 Å². The summed E-state index contributed by atoms with van der Waals surface area (Å²) in [6.07, 6.45) is 8.69. The number of carbonyl (C=O) groups excluding carboxylic acids is 1. The third-order valence-corrected chi connectivity index (χ3v) is 3.52. The molecule has 1 aliphatic carbocycles. The Balaban J connectivity index is 2.21. The van der Waals surface area contributed by atoms with Crippen LogP contribution in [0.5, 0.6) is 5.75 Å². The van der Waals surface area contributed by atoms with Crippen molar-refractivity contribution >= 4 is 12.4 Å². The minimum absolute atomic E-state index is 0.209. The van der Waals surface area contributed by atoms with Crippen LogP contribution in [-0.4, -0.2) is 11.9 Å². The molecule has 1 aromatic carbocycles. The number of hydrogen-bond acceptors (Lipinski definition) is 2. The highest BCUT2D eigenvalue weighted by atomic mass is 16.5. The molecule has 0 radical (unpaired) electrons. The fourth-order valence-corrected chi connectivity index (χ4v) is 1.80. The number of ether oxygens (including phenoxy) is 1. The van der Waals surface area contributed by atoms with Crippen LogP contribution in [0, 0.1) is 5.92 Å². The number of rotatable bonds is 6. The SMILES string of the molecule is CCC(C)(C)Oc1cc(C=O)cc(C=CC2CC2)c1. The van der Waals surface area contributed by atoms with Crippen LogP contribution in [0.15, 0.2) is 24.3 Å². The molecule has 0 spiro atoms. The van der Waals surface area contributed by atoms with Gasteiger partial charge >= 0.3 is 0 Å². The first-order valence-electron chi connectivity index (χ1n) is 7.00. The van der Waals surface area contributed by atoms with Gasteiger partial charge < -0.3 is 4.74 Å². The third kappa shape index (κ3) is 4.23. The maximum absolute atomic E-state index is 11.0. The largest absolute Gasteiger partial charge is 0.488 e. The van der Waals surface area contributed by atoms with Gasteiger partial charge in [-0.2, -0.15) is 0 Å². The smallest absolute Gasteiger partial charge is 0.150 e. The average molecular weight is 258 g/mol. The molecule has 0 bridgehead atoms. The summed E-state index contributed by atoms with van der Waals surface area (Å²) in [6.45, 7) is 6.21. The van der Waals surface area contributed by atoms with Gasteiger partial charge in [0.1, 0.15) is 17.6 Å². The Labute approximate surface area is 115 Å². The number of benzene rings is 1. The molecule has 0 atom stereocenters. The van der Waals surface area contributed by atoms with E-state index in [1.807, 2.05) is 12.1 Å². The fraction of sp³-hybridized carbons (Fsp3) is 0.471. The molecule has 1 aliphatic rings. The van der Waals surface area contributed by atoms with Crippen molar-refractivity contribution in [3.8, 4) is 5.75 Å². The molecule has 2 nitrogen and oxygen atoms in total. The van der Waals surface area contributed by atoms with Crippen molar-refractivity contribution in [3.05, 3.63) is 35.4 Å². The van der Waals surface area contributed by atoms with Gasteiger partial charge in [0, 0.05) is 5.56 Å². The van der Waals surface area contributed by atoms with E-state index in [2.05, 4.69) is 32.9 Å². The summed E-state index contributed by atoms with van der Waals surface area (Å²) in [5.74, 6) is 1.50. The number of carbonyl (C=O) groups is 1. The summed E-state index contributed by atoms with van der Waals surface area (Å²) in [7, 11) is 0. The molecule has 1 saturated carbocycles. The lowest BCUT2D eigenvalue weighted by Crippen LogP contribution is -2.26. The molecule has 2 rings (SSSR count). The summed E-state index contributed by atoms with van der Waals surface area (Å²) in [5, 5.41) is 0. The molecular weight excluding hydrogens is 236 g/mol. The van der Waals surface area contributed by atoms with Crippen LogP contribution in [0.25, 0.3) is 6.08 Å². The van der Waals surface area contributed by atoms with E-state index < -0.39 is 0 Å². The van der Waals surface area contributed by atoms with Gasteiger partial charge in [0.05, 0.1) is 0 Å². The monoisotopic (exact) mass is 258 g/mol. The minimum atomic E-state index is -0.209. The molecule has 0 amide bonds.